The van der Waals surface area contributed by atoms with E-state index in [1.807, 2.05) is 6.92 Å². The lowest BCUT2D eigenvalue weighted by Gasteiger charge is -2.51. The maximum atomic E-state index is 13.1. The van der Waals surface area contributed by atoms with Crippen molar-refractivity contribution in [3.05, 3.63) is 0 Å². The molecule has 60 nitrogen and oxygen atoms in total. The Labute approximate surface area is 619 Å². The van der Waals surface area contributed by atoms with Gasteiger partial charge in [-0.3, -0.25) is 59.2 Å². The van der Waals surface area contributed by atoms with Crippen molar-refractivity contribution in [2.45, 2.75) is 194 Å². The first-order valence-electron chi connectivity index (χ1n) is 28.6. The Hall–Kier alpha value is -2.01. The largest absolute Gasteiger partial charge is 0.397 e. The second-order valence-corrected chi connectivity index (χ2v) is 35.6. The molecular formula is C36H66O60S13. The molecule has 0 aliphatic carbocycles. The van der Waals surface area contributed by atoms with E-state index in [1.165, 1.54) is 0 Å². The summed E-state index contributed by atoms with van der Waals surface area (Å²) in [5.41, 5.74) is 0. The molecule has 4 saturated heterocycles. The molecule has 73 heteroatoms. The molecule has 0 saturated carbocycles. The molecule has 109 heavy (non-hydrogen) atoms. The summed E-state index contributed by atoms with van der Waals surface area (Å²) in [6.45, 7) is -7.69. The second-order valence-electron chi connectivity index (χ2n) is 21.8. The highest BCUT2D eigenvalue weighted by Crippen LogP contribution is 2.42. The fourth-order valence-electron chi connectivity index (χ4n) is 10.1. The first-order valence-corrected chi connectivity index (χ1v) is 46.4. The van der Waals surface area contributed by atoms with Gasteiger partial charge in [0.25, 0.3) is 0 Å². The first-order chi connectivity index (χ1) is 49.1. The molecular weight excluding hydrogens is 1810 g/mol. The van der Waals surface area contributed by atoms with Crippen LogP contribution in [0.5, 0.6) is 0 Å². The van der Waals surface area contributed by atoms with E-state index in [1.54, 1.807) is 0 Å². The molecule has 4 fully saturated rings. The van der Waals surface area contributed by atoms with E-state index in [2.05, 4.69) is 54.4 Å². The van der Waals surface area contributed by atoms with Gasteiger partial charge < -0.3 is 37.9 Å². The molecule has 0 amide bonds. The summed E-state index contributed by atoms with van der Waals surface area (Å²) in [5.74, 6) is 0. The van der Waals surface area contributed by atoms with Gasteiger partial charge in [-0.15, -0.1) is 0 Å². The zero-order chi connectivity index (χ0) is 83.5. The van der Waals surface area contributed by atoms with Gasteiger partial charge in [0.1, 0.15) is 73.2 Å². The average molecular weight is 1880 g/mol. The van der Waals surface area contributed by atoms with Crippen LogP contribution in [0.25, 0.3) is 0 Å². The van der Waals surface area contributed by atoms with Crippen LogP contribution in [0.2, 0.25) is 0 Å². The van der Waals surface area contributed by atoms with E-state index in [0.717, 1.165) is 32.1 Å². The van der Waals surface area contributed by atoms with E-state index >= 15 is 0 Å². The molecule has 4 heterocycles. The molecule has 648 valence electrons. The summed E-state index contributed by atoms with van der Waals surface area (Å²) in [7, 11) is -83.7. The monoisotopic (exact) mass is 1870 g/mol. The Balaban J connectivity index is 2.24. The van der Waals surface area contributed by atoms with Crippen molar-refractivity contribution in [1.82, 2.24) is 0 Å². The topological polar surface area (TPSA) is 901 Å². The minimum Gasteiger partial charge on any atom is -0.350 e. The third-order valence-corrected chi connectivity index (χ3v) is 19.6. The van der Waals surface area contributed by atoms with Gasteiger partial charge in [0, 0.05) is 6.61 Å². The number of rotatable bonds is 48. The fourth-order valence-corrected chi connectivity index (χ4v) is 15.8. The number of unbranched alkanes of at least 4 members (excludes halogenated alkanes) is 9. The van der Waals surface area contributed by atoms with Gasteiger partial charge in [-0.25, -0.2) is 54.4 Å². The van der Waals surface area contributed by atoms with Crippen LogP contribution in [0.15, 0.2) is 0 Å². The highest BCUT2D eigenvalue weighted by molar-refractivity contribution is 7.83. The number of ether oxygens (including phenoxy) is 8. The van der Waals surface area contributed by atoms with Crippen molar-refractivity contribution in [3.8, 4) is 0 Å². The summed E-state index contributed by atoms with van der Waals surface area (Å²) < 4.78 is 554. The highest BCUT2D eigenvalue weighted by Gasteiger charge is 2.63. The lowest BCUT2D eigenvalue weighted by Crippen LogP contribution is -2.70. The van der Waals surface area contributed by atoms with Crippen LogP contribution < -0.4 is 0 Å². The molecule has 20 atom stereocenters. The Kier molecular flexibility index (Phi) is 36.0. The molecule has 0 spiro atoms. The third kappa shape index (κ3) is 38.7. The quantitative estimate of drug-likeness (QED) is 0.0199. The van der Waals surface area contributed by atoms with Crippen LogP contribution in [0.4, 0.5) is 0 Å². The van der Waals surface area contributed by atoms with Crippen molar-refractivity contribution < 1.29 is 261 Å². The van der Waals surface area contributed by atoms with Crippen LogP contribution in [0.3, 0.4) is 0 Å². The van der Waals surface area contributed by atoms with Gasteiger partial charge in [0.05, 0.1) is 26.4 Å². The van der Waals surface area contributed by atoms with Crippen LogP contribution >= 0.6 is 0 Å². The van der Waals surface area contributed by atoms with Crippen molar-refractivity contribution in [2.24, 2.45) is 0 Å². The summed E-state index contributed by atoms with van der Waals surface area (Å²) in [6.07, 6.45) is -65.7. The summed E-state index contributed by atoms with van der Waals surface area (Å²) in [6, 6.07) is 0. The van der Waals surface area contributed by atoms with Crippen molar-refractivity contribution in [2.75, 3.05) is 33.0 Å². The van der Waals surface area contributed by atoms with Crippen molar-refractivity contribution in [3.63, 3.8) is 0 Å². The minimum atomic E-state index is -6.87. The minimum absolute atomic E-state index is 0.145. The lowest BCUT2D eigenvalue weighted by atomic mass is 9.95. The Bertz CT molecular complexity index is 4570. The van der Waals surface area contributed by atoms with Gasteiger partial charge in [0.15, 0.2) is 49.6 Å². The maximum absolute atomic E-state index is 13.1. The van der Waals surface area contributed by atoms with E-state index in [4.69, 9.17) is 37.9 Å². The zero-order valence-electron chi connectivity index (χ0n) is 53.5. The lowest BCUT2D eigenvalue weighted by molar-refractivity contribution is -0.380. The Morgan fingerprint density at radius 1 is 0.220 bits per heavy atom. The average Bonchev–Trinajstić information content (AvgIpc) is 0.751. The highest BCUT2D eigenvalue weighted by atomic mass is 32.3. The van der Waals surface area contributed by atoms with Gasteiger partial charge in [-0.1, -0.05) is 64.7 Å². The van der Waals surface area contributed by atoms with E-state index in [0.29, 0.717) is 19.3 Å². The zero-order valence-corrected chi connectivity index (χ0v) is 64.1. The van der Waals surface area contributed by atoms with Gasteiger partial charge in [-0.05, 0) is 6.42 Å². The predicted molar refractivity (Wildman–Crippen MR) is 325 cm³/mol. The predicted octanol–water partition coefficient (Wildman–Crippen LogP) is -7.05. The van der Waals surface area contributed by atoms with Crippen LogP contribution in [-0.4, -0.2) is 324 Å². The van der Waals surface area contributed by atoms with Crippen molar-refractivity contribution >= 4 is 135 Å². The first kappa shape index (κ1) is 99.3. The van der Waals surface area contributed by atoms with Crippen LogP contribution in [-0.2, 0) is 227 Å². The number of hydrogen-bond donors (Lipinski definition) is 13. The molecule has 4 aliphatic heterocycles. The maximum Gasteiger partial charge on any atom is 0.397 e. The standard InChI is InChI=1S/C36H66O60S13/c1-2-3-4-5-6-7-8-9-10-11-12-76-33-29(93-106(64,65)66)25(21(88-101(49,50)51)17(81-33)13-77-97(37,38)39)85-34-30(94-107(67,68)69)26(22(89-102(52,53)54)18(82-34)14-78-98(40,41)42)86-35-31(95-108(70,71)72)27(23(90-103(55,56)57)19(83-35)15-79-99(43,44)45)87-36-32(96-109(73,74)75)28(92-105(61,62)63)24(91-104(58,59)60)20(84-36)16-80-100(46,47)48/h17-36H,2-16H2,1H3,(H,37,38,39)(H,40,41,42)(H,43,44,45)(H,46,47,48)(H,49,50,51)(H,52,53,54)(H,55,56,57)(H,58,59,60)(H,61,62,63)(H,64,65,66)(H,67,68,69)(H,70,71,72)(H,73,74,75)/t17-,18-,19-,20-,21-,22-,23-,24-,25+,26+,27+,28+,29-,30-,31-,32-,33-,34+,35+,36+/m1/s1. The Morgan fingerprint density at radius 2 is 0.404 bits per heavy atom. The molecule has 0 aromatic carbocycles. The molecule has 4 aliphatic rings. The number of hydrogen-bond acceptors (Lipinski definition) is 47. The molecule has 0 aromatic heterocycles. The van der Waals surface area contributed by atoms with Gasteiger partial charge in [0.2, 0.25) is 0 Å². The molecule has 4 rings (SSSR count). The second kappa shape index (κ2) is 39.5. The molecule has 0 bridgehead atoms. The molecule has 13 N–H and O–H groups in total. The third-order valence-electron chi connectivity index (χ3n) is 13.6. The van der Waals surface area contributed by atoms with Crippen LogP contribution in [0.1, 0.15) is 71.1 Å². The summed E-state index contributed by atoms with van der Waals surface area (Å²) >= 11 is 0. The fraction of sp³-hybridized carbons (Fsp3) is 1.00. The van der Waals surface area contributed by atoms with Gasteiger partial charge >= 0.3 is 135 Å². The van der Waals surface area contributed by atoms with E-state index in [-0.39, 0.29) is 12.8 Å². The van der Waals surface area contributed by atoms with Crippen molar-refractivity contribution in [1.29, 1.82) is 0 Å². The van der Waals surface area contributed by atoms with Crippen LogP contribution in [0, 0.1) is 0 Å². The molecule has 0 aromatic rings. The normalized spacial score (nSPS) is 30.8. The summed E-state index contributed by atoms with van der Waals surface area (Å²) in [4.78, 5) is 0. The molecule has 0 radical (unpaired) electrons. The Morgan fingerprint density at radius 3 is 0.633 bits per heavy atom. The smallest absolute Gasteiger partial charge is 0.350 e. The summed E-state index contributed by atoms with van der Waals surface area (Å²) in [5, 5.41) is 0. The molecule has 0 unspecified atom stereocenters. The SMILES string of the molecule is CCCCCCCCCCCCO[C@@H]1O[C@H](COS(=O)(=O)O)[C@@H](OS(=O)(=O)O)[C@H](O[C@@H]2O[C@H](COS(=O)(=O)O)[C@@H](OS(=O)(=O)O)[C@H](O[C@@H]3O[C@H](COS(=O)(=O)O)[C@@H](OS(=O)(=O)O)[C@H](O[C@@H]4O[C@H](COS(=O)(=O)O)[C@@H](OS(=O)(=O)O)[C@H](OS(=O)(=O)O)[C@H]4OS(=O)(=O)O)[C@H]3OS(=O)(=O)O)[C@H]2OS(=O)(=O)O)[C@H]1OS(=O)(=O)O. The van der Waals surface area contributed by atoms with Gasteiger partial charge in [-0.2, -0.15) is 109 Å². The van der Waals surface area contributed by atoms with E-state index in [9.17, 15) is 169 Å². The van der Waals surface area contributed by atoms with E-state index < -0.39 is 291 Å².